The number of methoxy groups -OCH3 is 1. The number of hydrogen-bond donors (Lipinski definition) is 1. The number of aryl methyl sites for hydroxylation is 1. The molecule has 1 aromatic carbocycles. The molecule has 0 saturated carbocycles. The van der Waals surface area contributed by atoms with Crippen LogP contribution in [0.1, 0.15) is 21.9 Å². The molecule has 1 aromatic heterocycles. The zero-order chi connectivity index (χ0) is 13.7. The Balaban J connectivity index is 1.95. The standard InChI is InChI=1S/C14H14N2O3/c1-10-3-6-13(19-10)9-15-16-14(17)11-4-7-12(18-2)8-5-11/h3-9H,1-2H3,(H,16,17). The van der Waals surface area contributed by atoms with E-state index in [0.29, 0.717) is 17.1 Å². The van der Waals surface area contributed by atoms with Crippen molar-refractivity contribution in [1.29, 1.82) is 0 Å². The van der Waals surface area contributed by atoms with Crippen LogP contribution in [-0.2, 0) is 0 Å². The molecule has 0 fully saturated rings. The van der Waals surface area contributed by atoms with Gasteiger partial charge in [0.1, 0.15) is 17.3 Å². The van der Waals surface area contributed by atoms with Crippen molar-refractivity contribution in [2.75, 3.05) is 7.11 Å². The zero-order valence-corrected chi connectivity index (χ0v) is 10.7. The number of nitrogens with one attached hydrogen (secondary N) is 1. The molecule has 0 atom stereocenters. The fraction of sp³-hybridized carbons (Fsp3) is 0.143. The lowest BCUT2D eigenvalue weighted by molar-refractivity contribution is 0.0955. The second kappa shape index (κ2) is 5.86. The highest BCUT2D eigenvalue weighted by Gasteiger charge is 2.03. The number of hydrazone groups is 1. The highest BCUT2D eigenvalue weighted by atomic mass is 16.5. The van der Waals surface area contributed by atoms with E-state index in [1.165, 1.54) is 6.21 Å². The minimum absolute atomic E-state index is 0.290. The third-order valence-corrected chi connectivity index (χ3v) is 2.47. The number of furan rings is 1. The number of amides is 1. The van der Waals surface area contributed by atoms with Gasteiger partial charge < -0.3 is 9.15 Å². The van der Waals surface area contributed by atoms with E-state index in [2.05, 4.69) is 10.5 Å². The fourth-order valence-corrected chi connectivity index (χ4v) is 1.48. The van der Waals surface area contributed by atoms with Crippen molar-refractivity contribution in [1.82, 2.24) is 5.43 Å². The quantitative estimate of drug-likeness (QED) is 0.676. The Hall–Kier alpha value is -2.56. The SMILES string of the molecule is COc1ccc(C(=O)NN=Cc2ccc(C)o2)cc1. The maximum atomic E-state index is 11.7. The number of rotatable bonds is 4. The van der Waals surface area contributed by atoms with Gasteiger partial charge in [0, 0.05) is 5.56 Å². The molecule has 5 nitrogen and oxygen atoms in total. The summed E-state index contributed by atoms with van der Waals surface area (Å²) in [5.74, 6) is 1.80. The Labute approximate surface area is 110 Å². The predicted molar refractivity (Wildman–Crippen MR) is 71.5 cm³/mol. The molecule has 0 radical (unpaired) electrons. The van der Waals surface area contributed by atoms with Gasteiger partial charge in [-0.1, -0.05) is 0 Å². The number of carbonyl (C=O) groups excluding carboxylic acids is 1. The first-order chi connectivity index (χ1) is 9.19. The summed E-state index contributed by atoms with van der Waals surface area (Å²) in [7, 11) is 1.57. The average molecular weight is 258 g/mol. The molecule has 0 unspecified atom stereocenters. The molecule has 1 N–H and O–H groups in total. The third kappa shape index (κ3) is 3.45. The van der Waals surface area contributed by atoms with Crippen LogP contribution in [-0.4, -0.2) is 19.2 Å². The molecule has 0 bridgehead atoms. The van der Waals surface area contributed by atoms with E-state index >= 15 is 0 Å². The minimum Gasteiger partial charge on any atom is -0.497 e. The zero-order valence-electron chi connectivity index (χ0n) is 10.7. The highest BCUT2D eigenvalue weighted by molar-refractivity contribution is 5.94. The van der Waals surface area contributed by atoms with E-state index in [0.717, 1.165) is 5.76 Å². The molecule has 1 heterocycles. The minimum atomic E-state index is -0.290. The second-order valence-electron chi connectivity index (χ2n) is 3.88. The van der Waals surface area contributed by atoms with Crippen molar-refractivity contribution in [3.63, 3.8) is 0 Å². The molecule has 2 rings (SSSR count). The largest absolute Gasteiger partial charge is 0.497 e. The van der Waals surface area contributed by atoms with Crippen molar-refractivity contribution >= 4 is 12.1 Å². The number of carbonyl (C=O) groups is 1. The van der Waals surface area contributed by atoms with Crippen molar-refractivity contribution < 1.29 is 13.9 Å². The second-order valence-corrected chi connectivity index (χ2v) is 3.88. The van der Waals surface area contributed by atoms with Crippen LogP contribution in [0, 0.1) is 6.92 Å². The van der Waals surface area contributed by atoms with Crippen LogP contribution in [0.15, 0.2) is 45.9 Å². The number of ether oxygens (including phenoxy) is 1. The van der Waals surface area contributed by atoms with E-state index in [1.807, 2.05) is 13.0 Å². The number of benzene rings is 1. The molecule has 19 heavy (non-hydrogen) atoms. The normalized spacial score (nSPS) is 10.6. The first-order valence-corrected chi connectivity index (χ1v) is 5.73. The lowest BCUT2D eigenvalue weighted by atomic mass is 10.2. The van der Waals surface area contributed by atoms with E-state index < -0.39 is 0 Å². The molecule has 0 saturated heterocycles. The lowest BCUT2D eigenvalue weighted by Gasteiger charge is -2.01. The Bertz CT molecular complexity index is 585. The topological polar surface area (TPSA) is 63.8 Å². The van der Waals surface area contributed by atoms with E-state index in [4.69, 9.17) is 9.15 Å². The average Bonchev–Trinajstić information content (AvgIpc) is 2.84. The monoisotopic (exact) mass is 258 g/mol. The van der Waals surface area contributed by atoms with Crippen molar-refractivity contribution in [3.8, 4) is 5.75 Å². The van der Waals surface area contributed by atoms with E-state index in [9.17, 15) is 4.79 Å². The molecular weight excluding hydrogens is 244 g/mol. The molecule has 2 aromatic rings. The van der Waals surface area contributed by atoms with E-state index in [-0.39, 0.29) is 5.91 Å². The molecule has 0 spiro atoms. The Morgan fingerprint density at radius 1 is 1.26 bits per heavy atom. The molecule has 0 aliphatic carbocycles. The van der Waals surface area contributed by atoms with Crippen molar-refractivity contribution in [2.45, 2.75) is 6.92 Å². The molecule has 5 heteroatoms. The first-order valence-electron chi connectivity index (χ1n) is 5.73. The first kappa shape index (κ1) is 12.9. The van der Waals surface area contributed by atoms with Crippen LogP contribution < -0.4 is 10.2 Å². The van der Waals surface area contributed by atoms with Gasteiger partial charge in [0.05, 0.1) is 13.3 Å². The van der Waals surface area contributed by atoms with Crippen LogP contribution in [0.3, 0.4) is 0 Å². The Morgan fingerprint density at radius 2 is 2.00 bits per heavy atom. The van der Waals surface area contributed by atoms with Gasteiger partial charge in [0.2, 0.25) is 0 Å². The summed E-state index contributed by atoms with van der Waals surface area (Å²) < 4.78 is 10.3. The molecule has 1 amide bonds. The molecule has 98 valence electrons. The summed E-state index contributed by atoms with van der Waals surface area (Å²) in [6, 6.07) is 10.4. The fourth-order valence-electron chi connectivity index (χ4n) is 1.48. The third-order valence-electron chi connectivity index (χ3n) is 2.47. The van der Waals surface area contributed by atoms with E-state index in [1.54, 1.807) is 37.4 Å². The predicted octanol–water partition coefficient (Wildman–Crippen LogP) is 2.36. The number of hydrogen-bond acceptors (Lipinski definition) is 4. The maximum absolute atomic E-state index is 11.7. The summed E-state index contributed by atoms with van der Waals surface area (Å²) in [5.41, 5.74) is 2.93. The highest BCUT2D eigenvalue weighted by Crippen LogP contribution is 2.11. The molecule has 0 aliphatic rings. The van der Waals surface area contributed by atoms with Crippen LogP contribution in [0.25, 0.3) is 0 Å². The van der Waals surface area contributed by atoms with Gasteiger partial charge in [0.25, 0.3) is 5.91 Å². The lowest BCUT2D eigenvalue weighted by Crippen LogP contribution is -2.17. The van der Waals surface area contributed by atoms with Gasteiger partial charge in [-0.05, 0) is 43.3 Å². The molecule has 0 aliphatic heterocycles. The van der Waals surface area contributed by atoms with Gasteiger partial charge in [-0.2, -0.15) is 5.10 Å². The van der Waals surface area contributed by atoms with Crippen molar-refractivity contribution in [3.05, 3.63) is 53.5 Å². The van der Waals surface area contributed by atoms with Gasteiger partial charge in [-0.15, -0.1) is 0 Å². The summed E-state index contributed by atoms with van der Waals surface area (Å²) in [6.07, 6.45) is 1.45. The maximum Gasteiger partial charge on any atom is 0.271 e. The summed E-state index contributed by atoms with van der Waals surface area (Å²) in [4.78, 5) is 11.7. The summed E-state index contributed by atoms with van der Waals surface area (Å²) >= 11 is 0. The van der Waals surface area contributed by atoms with Crippen LogP contribution >= 0.6 is 0 Å². The Morgan fingerprint density at radius 3 is 2.58 bits per heavy atom. The van der Waals surface area contributed by atoms with Gasteiger partial charge in [0.15, 0.2) is 0 Å². The summed E-state index contributed by atoms with van der Waals surface area (Å²) in [6.45, 7) is 1.84. The van der Waals surface area contributed by atoms with Crippen molar-refractivity contribution in [2.24, 2.45) is 5.10 Å². The summed E-state index contributed by atoms with van der Waals surface area (Å²) in [5, 5.41) is 3.82. The smallest absolute Gasteiger partial charge is 0.271 e. The number of nitrogens with zero attached hydrogens (tertiary/aromatic N) is 1. The van der Waals surface area contributed by atoms with Crippen LogP contribution in [0.2, 0.25) is 0 Å². The van der Waals surface area contributed by atoms with Gasteiger partial charge in [-0.3, -0.25) is 4.79 Å². The van der Waals surface area contributed by atoms with Crippen LogP contribution in [0.5, 0.6) is 5.75 Å². The van der Waals surface area contributed by atoms with Crippen LogP contribution in [0.4, 0.5) is 0 Å². The molecular formula is C14H14N2O3. The van der Waals surface area contributed by atoms with Gasteiger partial charge in [-0.25, -0.2) is 5.43 Å². The Kier molecular flexibility index (Phi) is 3.97. The van der Waals surface area contributed by atoms with Gasteiger partial charge >= 0.3 is 0 Å².